The number of furan rings is 1. The van der Waals surface area contributed by atoms with E-state index in [0.29, 0.717) is 5.92 Å². The Hall–Kier alpha value is -7.92. The Bertz CT molecular complexity index is 4080. The first-order valence-electron chi connectivity index (χ1n) is 22.5. The smallest absolute Gasteiger partial charge is 0.135 e. The van der Waals surface area contributed by atoms with Gasteiger partial charge in [-0.1, -0.05) is 140 Å². The lowest BCUT2D eigenvalue weighted by Crippen LogP contribution is -1.96. The number of nitrogens with zero attached hydrogens (tertiary/aromatic N) is 2. The van der Waals surface area contributed by atoms with Gasteiger partial charge in [-0.15, -0.1) is 11.3 Å². The Balaban J connectivity index is 0.920. The van der Waals surface area contributed by atoms with Crippen LogP contribution in [-0.4, -0.2) is 9.13 Å². The number of aromatic nitrogens is 2. The van der Waals surface area contributed by atoms with Gasteiger partial charge in [-0.25, -0.2) is 0 Å². The van der Waals surface area contributed by atoms with E-state index in [2.05, 4.69) is 210 Å². The van der Waals surface area contributed by atoms with Crippen LogP contribution in [0.3, 0.4) is 0 Å². The predicted octanol–water partition coefficient (Wildman–Crippen LogP) is 17.5. The minimum Gasteiger partial charge on any atom is -0.456 e. The third-order valence-electron chi connectivity index (χ3n) is 14.0. The average molecular weight is 849 g/mol. The van der Waals surface area contributed by atoms with Crippen molar-refractivity contribution in [3.63, 3.8) is 0 Å². The topological polar surface area (TPSA) is 23.0 Å². The van der Waals surface area contributed by atoms with E-state index in [4.69, 9.17) is 4.42 Å². The summed E-state index contributed by atoms with van der Waals surface area (Å²) in [7, 11) is 0. The minimum absolute atomic E-state index is 0.493. The highest BCUT2D eigenvalue weighted by atomic mass is 32.1. The number of hydrogen-bond acceptors (Lipinski definition) is 2. The molecule has 9 aromatic carbocycles. The highest BCUT2D eigenvalue weighted by molar-refractivity contribution is 7.21. The molecule has 0 N–H and O–H groups in total. The first-order chi connectivity index (χ1) is 32.1. The summed E-state index contributed by atoms with van der Waals surface area (Å²) in [5, 5.41) is 8.67. The SMILES string of the molecule is CC1CC=Cc2sc3c(ccc4c5cc(-c6ccc7c(c6)c6ccccc6n7-c6ccc7oc8ccccc8c7c6)ccc5n(-c5ccc(-c6ccc(-c7ccccc7)cc6)cc5)c43)c21. The van der Waals surface area contributed by atoms with Gasteiger partial charge in [0.2, 0.25) is 0 Å². The zero-order chi connectivity index (χ0) is 42.8. The van der Waals surface area contributed by atoms with E-state index in [1.54, 1.807) is 0 Å². The van der Waals surface area contributed by atoms with Crippen molar-refractivity contribution in [3.05, 3.63) is 211 Å². The molecular weight excluding hydrogens is 809 g/mol. The lowest BCUT2D eigenvalue weighted by atomic mass is 9.91. The summed E-state index contributed by atoms with van der Waals surface area (Å²) >= 11 is 1.95. The Morgan fingerprint density at radius 2 is 1.00 bits per heavy atom. The summed E-state index contributed by atoms with van der Waals surface area (Å²) in [6, 6.07) is 71.3. The Morgan fingerprint density at radius 3 is 1.77 bits per heavy atom. The van der Waals surface area contributed by atoms with Crippen molar-refractivity contribution in [1.82, 2.24) is 9.13 Å². The number of allylic oxidation sites excluding steroid dienone is 1. The van der Waals surface area contributed by atoms with E-state index >= 15 is 0 Å². The monoisotopic (exact) mass is 848 g/mol. The van der Waals surface area contributed by atoms with Gasteiger partial charge in [-0.2, -0.15) is 0 Å². The second-order valence-corrected chi connectivity index (χ2v) is 18.7. The zero-order valence-electron chi connectivity index (χ0n) is 35.6. The van der Waals surface area contributed by atoms with Crippen molar-refractivity contribution in [3.8, 4) is 44.8 Å². The van der Waals surface area contributed by atoms with Crippen LogP contribution in [0, 0.1) is 0 Å². The lowest BCUT2D eigenvalue weighted by molar-refractivity contribution is 0.669. The first-order valence-corrected chi connectivity index (χ1v) is 23.4. The summed E-state index contributed by atoms with van der Waals surface area (Å²) in [4.78, 5) is 1.39. The molecule has 0 amide bonds. The molecule has 0 saturated heterocycles. The maximum absolute atomic E-state index is 6.22. The number of fused-ring (bicyclic) bond motifs is 13. The molecule has 1 atom stereocenters. The predicted molar refractivity (Wildman–Crippen MR) is 276 cm³/mol. The molecule has 0 saturated carbocycles. The summed E-state index contributed by atoms with van der Waals surface area (Å²) < 4.78 is 12.5. The van der Waals surface area contributed by atoms with Crippen molar-refractivity contribution >= 4 is 93.0 Å². The van der Waals surface area contributed by atoms with Crippen molar-refractivity contribution in [2.75, 3.05) is 0 Å². The van der Waals surface area contributed by atoms with Crippen molar-refractivity contribution in [2.24, 2.45) is 0 Å². The molecule has 0 bridgehead atoms. The third kappa shape index (κ3) is 5.54. The molecule has 0 radical (unpaired) electrons. The highest BCUT2D eigenvalue weighted by Gasteiger charge is 2.24. The van der Waals surface area contributed by atoms with E-state index < -0.39 is 0 Å². The molecule has 306 valence electrons. The second kappa shape index (κ2) is 14.0. The summed E-state index contributed by atoms with van der Waals surface area (Å²) in [5.74, 6) is 0.493. The Kier molecular flexibility index (Phi) is 7.90. The van der Waals surface area contributed by atoms with Crippen molar-refractivity contribution < 1.29 is 4.42 Å². The molecule has 4 heterocycles. The zero-order valence-corrected chi connectivity index (χ0v) is 36.4. The average Bonchev–Trinajstić information content (AvgIpc) is 4.12. The molecule has 13 aromatic rings. The van der Waals surface area contributed by atoms with E-state index in [1.807, 2.05) is 23.5 Å². The largest absolute Gasteiger partial charge is 0.456 e. The van der Waals surface area contributed by atoms with Gasteiger partial charge >= 0.3 is 0 Å². The van der Waals surface area contributed by atoms with Gasteiger partial charge in [0.1, 0.15) is 11.2 Å². The maximum atomic E-state index is 6.22. The molecule has 0 fully saturated rings. The fourth-order valence-electron chi connectivity index (χ4n) is 10.8. The second-order valence-electron chi connectivity index (χ2n) is 17.7. The highest BCUT2D eigenvalue weighted by Crippen LogP contribution is 2.47. The third-order valence-corrected chi connectivity index (χ3v) is 15.2. The van der Waals surface area contributed by atoms with Gasteiger partial charge in [-0.05, 0) is 129 Å². The van der Waals surface area contributed by atoms with Gasteiger partial charge in [0.05, 0.1) is 26.8 Å². The number of rotatable bonds is 5. The molecule has 3 nitrogen and oxygen atoms in total. The number of thiophene rings is 1. The maximum Gasteiger partial charge on any atom is 0.135 e. The lowest BCUT2D eigenvalue weighted by Gasteiger charge is -2.14. The number of hydrogen-bond donors (Lipinski definition) is 0. The normalized spacial score (nSPS) is 14.0. The van der Waals surface area contributed by atoms with Crippen molar-refractivity contribution in [2.45, 2.75) is 19.3 Å². The minimum atomic E-state index is 0.493. The Morgan fingerprint density at radius 1 is 0.431 bits per heavy atom. The van der Waals surface area contributed by atoms with Gasteiger partial charge in [0, 0.05) is 48.6 Å². The molecule has 1 aliphatic rings. The quantitative estimate of drug-likeness (QED) is 0.169. The summed E-state index contributed by atoms with van der Waals surface area (Å²) in [6.07, 6.45) is 5.77. The van der Waals surface area contributed by atoms with Gasteiger partial charge in [-0.3, -0.25) is 0 Å². The van der Waals surface area contributed by atoms with E-state index in [0.717, 1.165) is 34.0 Å². The van der Waals surface area contributed by atoms with Crippen LogP contribution in [0.15, 0.2) is 205 Å². The molecule has 1 aliphatic carbocycles. The molecule has 4 aromatic heterocycles. The van der Waals surface area contributed by atoms with Crippen LogP contribution < -0.4 is 0 Å². The first kappa shape index (κ1) is 36.6. The molecule has 0 spiro atoms. The van der Waals surface area contributed by atoms with Crippen LogP contribution in [0.25, 0.3) is 126 Å². The number of benzene rings is 9. The van der Waals surface area contributed by atoms with Crippen LogP contribution in [-0.2, 0) is 0 Å². The fourth-order valence-corrected chi connectivity index (χ4v) is 12.2. The van der Waals surface area contributed by atoms with Crippen LogP contribution in [0.5, 0.6) is 0 Å². The van der Waals surface area contributed by atoms with Gasteiger partial charge in [0.25, 0.3) is 0 Å². The van der Waals surface area contributed by atoms with E-state index in [1.165, 1.54) is 103 Å². The van der Waals surface area contributed by atoms with Gasteiger partial charge < -0.3 is 13.6 Å². The molecular formula is C61H40N2OS. The molecule has 4 heteroatoms. The van der Waals surface area contributed by atoms with Crippen LogP contribution in [0.1, 0.15) is 29.7 Å². The molecule has 14 rings (SSSR count). The van der Waals surface area contributed by atoms with Crippen LogP contribution >= 0.6 is 11.3 Å². The number of para-hydroxylation sites is 2. The van der Waals surface area contributed by atoms with E-state index in [9.17, 15) is 0 Å². The Labute approximate surface area is 379 Å². The van der Waals surface area contributed by atoms with Crippen LogP contribution in [0.4, 0.5) is 0 Å². The summed E-state index contributed by atoms with van der Waals surface area (Å²) in [5.41, 5.74) is 17.8. The molecule has 65 heavy (non-hydrogen) atoms. The van der Waals surface area contributed by atoms with Crippen LogP contribution in [0.2, 0.25) is 0 Å². The fraction of sp³-hybridized carbons (Fsp3) is 0.0492. The molecule has 0 aliphatic heterocycles. The van der Waals surface area contributed by atoms with Gasteiger partial charge in [0.15, 0.2) is 0 Å². The summed E-state index contributed by atoms with van der Waals surface area (Å²) in [6.45, 7) is 2.37. The van der Waals surface area contributed by atoms with Crippen molar-refractivity contribution in [1.29, 1.82) is 0 Å². The molecule has 1 unspecified atom stereocenters. The standard InChI is InChI=1S/C61H40N2OS/c1-37-10-9-17-58-59(37)49-30-29-48-51-35-43(25-32-55(51)63(60(48)61(49)65-58)44-26-22-41(23-27-44)40-20-18-39(19-21-40)38-11-3-2-4-12-38)42-24-31-54-50(34-42)46-13-5-7-15-53(46)62(54)45-28-33-57-52(36-45)47-14-6-8-16-56(47)64-57/h2-9,11-37H,10H2,1H3. The van der Waals surface area contributed by atoms with E-state index in [-0.39, 0.29) is 0 Å².